The molecule has 0 aliphatic carbocycles. The number of aliphatic hydroxyl groups excluding tert-OH is 5. The molecule has 16 nitrogen and oxygen atoms in total. The summed E-state index contributed by atoms with van der Waals surface area (Å²) in [5.74, 6) is 2.56. The molecule has 2 aromatic rings. The van der Waals surface area contributed by atoms with Gasteiger partial charge in [0.2, 0.25) is 11.8 Å². The molecule has 0 bridgehead atoms. The van der Waals surface area contributed by atoms with Crippen LogP contribution in [-0.4, -0.2) is 168 Å². The Hall–Kier alpha value is -2.44. The third kappa shape index (κ3) is 29.6. The Morgan fingerprint density at radius 1 is 0.623 bits per heavy atom. The molecule has 9 N–H and O–H groups in total. The van der Waals surface area contributed by atoms with Gasteiger partial charge >= 0.3 is 0 Å². The molecule has 20 heteroatoms. The van der Waals surface area contributed by atoms with Gasteiger partial charge in [-0.1, -0.05) is 92.4 Å². The van der Waals surface area contributed by atoms with E-state index in [1.165, 1.54) is 37.2 Å². The first-order chi connectivity index (χ1) is 33.4. The van der Waals surface area contributed by atoms with Crippen LogP contribution in [0.2, 0.25) is 0 Å². The first kappa shape index (κ1) is 60.9. The van der Waals surface area contributed by atoms with Gasteiger partial charge in [-0.05, 0) is 80.2 Å². The number of ether oxygens (including phenoxy) is 4. The lowest BCUT2D eigenvalue weighted by Crippen LogP contribution is -2.45. The van der Waals surface area contributed by atoms with E-state index in [1.54, 1.807) is 18.2 Å². The van der Waals surface area contributed by atoms with Gasteiger partial charge < -0.3 is 60.8 Å². The summed E-state index contributed by atoms with van der Waals surface area (Å²) in [5, 5.41) is 55.3. The first-order valence-corrected chi connectivity index (χ1v) is 28.9. The molecule has 2 aromatic carbocycles. The SMILES string of the molecule is Nc1cccc(CC(=O)COCCOCCNC(=O)CCCCC2CCSS2)c1.O=C(COCCOCCNC(=O)CCCCC1CCSS1)Cc1cccc(CCC(O)[C@H](O)[C@H](O)C(O)CO)c1. The summed E-state index contributed by atoms with van der Waals surface area (Å²) in [6.07, 6.45) is 5.13. The molecule has 0 radical (unpaired) electrons. The maximum absolute atomic E-state index is 12.3. The maximum atomic E-state index is 12.3. The number of nitrogen functional groups attached to an aromatic ring is 1. The van der Waals surface area contributed by atoms with Crippen molar-refractivity contribution in [2.45, 2.75) is 125 Å². The number of anilines is 1. The summed E-state index contributed by atoms with van der Waals surface area (Å²) >= 11 is 0. The molecule has 4 unspecified atom stereocenters. The summed E-state index contributed by atoms with van der Waals surface area (Å²) in [6.45, 7) is 2.43. The number of aryl methyl sites for hydroxylation is 1. The van der Waals surface area contributed by atoms with E-state index in [9.17, 15) is 39.6 Å². The monoisotopic (exact) mass is 1040 g/mol. The van der Waals surface area contributed by atoms with E-state index in [1.807, 2.05) is 73.5 Å². The molecule has 2 heterocycles. The minimum absolute atomic E-state index is 0.00754. The fraction of sp³-hybridized carbons (Fsp3) is 0.673. The number of Topliss-reactive ketones (excluding diaryl/α,β-unsaturated/α-hetero) is 2. The Bertz CT molecular complexity index is 1720. The van der Waals surface area contributed by atoms with Crippen molar-refractivity contribution in [3.05, 3.63) is 65.2 Å². The van der Waals surface area contributed by atoms with Crippen LogP contribution >= 0.6 is 43.2 Å². The number of nitrogens with one attached hydrogen (secondary N) is 2. The molecule has 0 spiro atoms. The minimum atomic E-state index is -1.65. The number of aliphatic hydroxyl groups is 5. The van der Waals surface area contributed by atoms with E-state index in [2.05, 4.69) is 10.6 Å². The summed E-state index contributed by atoms with van der Waals surface area (Å²) < 4.78 is 21.6. The van der Waals surface area contributed by atoms with E-state index in [4.69, 9.17) is 29.8 Å². The second kappa shape index (κ2) is 38.2. The van der Waals surface area contributed by atoms with Crippen LogP contribution in [0.5, 0.6) is 0 Å². The number of nitrogens with two attached hydrogens (primary N) is 1. The van der Waals surface area contributed by atoms with Crippen molar-refractivity contribution < 1.29 is 63.7 Å². The molecule has 0 aromatic heterocycles. The number of unbranched alkanes of at least 4 members (excludes halogenated alkanes) is 2. The predicted octanol–water partition coefficient (Wildman–Crippen LogP) is 4.27. The molecule has 6 atom stereocenters. The van der Waals surface area contributed by atoms with Crippen molar-refractivity contribution in [2.75, 3.05) is 89.8 Å². The fourth-order valence-electron chi connectivity index (χ4n) is 7.16. The van der Waals surface area contributed by atoms with E-state index in [-0.39, 0.29) is 56.0 Å². The van der Waals surface area contributed by atoms with E-state index < -0.39 is 31.0 Å². The Kier molecular flexibility index (Phi) is 33.7. The molecular weight excluding hydrogens is 967 g/mol. The summed E-state index contributed by atoms with van der Waals surface area (Å²) in [5.41, 5.74) is 8.88. The topological polar surface area (TPSA) is 256 Å². The van der Waals surface area contributed by atoms with Crippen molar-refractivity contribution in [1.29, 1.82) is 0 Å². The largest absolute Gasteiger partial charge is 0.399 e. The van der Waals surface area contributed by atoms with Gasteiger partial charge in [0, 0.05) is 66.5 Å². The number of hydrogen-bond donors (Lipinski definition) is 8. The molecule has 0 saturated carbocycles. The molecule has 2 aliphatic rings. The third-order valence-corrected chi connectivity index (χ3v) is 17.0. The van der Waals surface area contributed by atoms with Crippen LogP contribution in [0.4, 0.5) is 5.69 Å². The van der Waals surface area contributed by atoms with Crippen molar-refractivity contribution in [3.8, 4) is 0 Å². The number of amides is 2. The van der Waals surface area contributed by atoms with Gasteiger partial charge in [-0.15, -0.1) is 0 Å². The number of carbonyl (C=O) groups excluding carboxylic acids is 4. The van der Waals surface area contributed by atoms with Gasteiger partial charge in [-0.3, -0.25) is 19.2 Å². The zero-order valence-electron chi connectivity index (χ0n) is 39.9. The predicted molar refractivity (Wildman–Crippen MR) is 277 cm³/mol. The van der Waals surface area contributed by atoms with Crippen molar-refractivity contribution >= 4 is 72.2 Å². The van der Waals surface area contributed by atoms with Gasteiger partial charge in [0.05, 0.1) is 52.4 Å². The number of hydrogen-bond acceptors (Lipinski definition) is 18. The first-order valence-electron chi connectivity index (χ1n) is 24.1. The van der Waals surface area contributed by atoms with Crippen LogP contribution in [0.3, 0.4) is 0 Å². The summed E-state index contributed by atoms with van der Waals surface area (Å²) in [4.78, 5) is 47.8. The van der Waals surface area contributed by atoms with Crippen LogP contribution in [0.1, 0.15) is 87.3 Å². The average molecular weight is 1040 g/mol. The molecule has 2 aliphatic heterocycles. The zero-order chi connectivity index (χ0) is 49.9. The highest BCUT2D eigenvalue weighted by atomic mass is 33.1. The van der Waals surface area contributed by atoms with Gasteiger partial charge in [0.1, 0.15) is 31.5 Å². The van der Waals surface area contributed by atoms with Crippen LogP contribution in [-0.2, 0) is 57.4 Å². The number of rotatable bonds is 37. The van der Waals surface area contributed by atoms with Crippen LogP contribution in [0, 0.1) is 0 Å². The van der Waals surface area contributed by atoms with Crippen LogP contribution in [0.15, 0.2) is 48.5 Å². The van der Waals surface area contributed by atoms with Crippen LogP contribution < -0.4 is 16.4 Å². The summed E-state index contributed by atoms with van der Waals surface area (Å²) in [7, 11) is 7.87. The lowest BCUT2D eigenvalue weighted by Gasteiger charge is -2.25. The van der Waals surface area contributed by atoms with Crippen molar-refractivity contribution in [3.63, 3.8) is 0 Å². The van der Waals surface area contributed by atoms with E-state index >= 15 is 0 Å². The number of benzene rings is 2. The molecule has 69 heavy (non-hydrogen) atoms. The lowest BCUT2D eigenvalue weighted by atomic mass is 9.96. The van der Waals surface area contributed by atoms with Gasteiger partial charge in [-0.2, -0.15) is 0 Å². The molecule has 4 rings (SSSR count). The standard InChI is InChI=1S/C28H45NO9S2.C21H32N2O4S2/c30-18-25(33)28(36)27(35)24(32)9-8-20-4-3-5-21(16-20)17-22(31)19-38-14-13-37-12-11-29-26(34)7-2-1-6-23-10-15-39-40-23;22-18-5-3-4-17(14-18)15-19(24)16-27-12-11-26-10-9-23-21(25)7-2-1-6-20-8-13-28-29-20/h3-5,16,23-25,27-28,30,32-33,35-36H,1-2,6-15,17-19H2,(H,29,34);3-5,14,20H,1-2,6-13,15-16,22H2,(H,23,25)/t23?,24?,25?,27-,28+;/m0./s1. The highest BCUT2D eigenvalue weighted by Crippen LogP contribution is 2.40. The summed E-state index contributed by atoms with van der Waals surface area (Å²) in [6, 6.07) is 14.6. The van der Waals surface area contributed by atoms with Gasteiger partial charge in [-0.25, -0.2) is 0 Å². The lowest BCUT2D eigenvalue weighted by molar-refractivity contribution is -0.124. The van der Waals surface area contributed by atoms with Gasteiger partial charge in [0.15, 0.2) is 11.6 Å². The minimum Gasteiger partial charge on any atom is -0.399 e. The third-order valence-electron chi connectivity index (χ3n) is 11.0. The molecule has 2 saturated heterocycles. The van der Waals surface area contributed by atoms with E-state index in [0.717, 1.165) is 52.9 Å². The number of ketones is 2. The van der Waals surface area contributed by atoms with Crippen LogP contribution in [0.25, 0.3) is 0 Å². The van der Waals surface area contributed by atoms with Crippen molar-refractivity contribution in [2.24, 2.45) is 0 Å². The highest BCUT2D eigenvalue weighted by Gasteiger charge is 2.29. The number of carbonyl (C=O) groups is 4. The van der Waals surface area contributed by atoms with Gasteiger partial charge in [0.25, 0.3) is 0 Å². The normalized spacial score (nSPS) is 17.3. The highest BCUT2D eigenvalue weighted by molar-refractivity contribution is 8.77. The Labute approximate surface area is 424 Å². The Morgan fingerprint density at radius 2 is 1.10 bits per heavy atom. The quantitative estimate of drug-likeness (QED) is 0.0267. The molecular formula is C49H77N3O13S4. The molecule has 390 valence electrons. The van der Waals surface area contributed by atoms with Crippen molar-refractivity contribution in [1.82, 2.24) is 10.6 Å². The molecule has 2 amide bonds. The maximum Gasteiger partial charge on any atom is 0.220 e. The average Bonchev–Trinajstić information content (AvgIpc) is 4.08. The second-order valence-corrected chi connectivity index (χ2v) is 22.6. The van der Waals surface area contributed by atoms with E-state index in [0.29, 0.717) is 77.5 Å². The smallest absolute Gasteiger partial charge is 0.220 e. The zero-order valence-corrected chi connectivity index (χ0v) is 43.2. The Morgan fingerprint density at radius 3 is 1.59 bits per heavy atom. The second-order valence-electron chi connectivity index (χ2n) is 17.0. The molecule has 2 fully saturated rings. The Balaban J connectivity index is 0.000000384. The fourth-order valence-corrected chi connectivity index (χ4v) is 13.2.